The molecule has 3 rings (SSSR count). The molecule has 5 N–H and O–H groups in total. The van der Waals surface area contributed by atoms with Gasteiger partial charge in [-0.05, 0) is 24.3 Å². The fourth-order valence-electron chi connectivity index (χ4n) is 2.39. The van der Waals surface area contributed by atoms with Gasteiger partial charge in [-0.1, -0.05) is 25.9 Å². The van der Waals surface area contributed by atoms with Crippen molar-refractivity contribution in [2.75, 3.05) is 16.0 Å². The zero-order chi connectivity index (χ0) is 21.9. The van der Waals surface area contributed by atoms with E-state index in [1.165, 1.54) is 12.1 Å². The molecule has 11 nitrogen and oxygen atoms in total. The molecule has 156 valence electrons. The molecule has 1 aromatic carbocycles. The van der Waals surface area contributed by atoms with Crippen molar-refractivity contribution in [1.29, 1.82) is 0 Å². The number of aromatic amines is 2. The molecule has 0 spiro atoms. The van der Waals surface area contributed by atoms with Gasteiger partial charge >= 0.3 is 6.03 Å². The summed E-state index contributed by atoms with van der Waals surface area (Å²) >= 11 is 0. The van der Waals surface area contributed by atoms with Gasteiger partial charge in [0.05, 0.1) is 0 Å². The molecule has 2 heterocycles. The van der Waals surface area contributed by atoms with Gasteiger partial charge in [0.2, 0.25) is 0 Å². The van der Waals surface area contributed by atoms with Gasteiger partial charge in [-0.3, -0.25) is 29.9 Å². The topological polar surface area (TPSA) is 162 Å². The highest BCUT2D eigenvalue weighted by molar-refractivity contribution is 6.04. The molecule has 11 heteroatoms. The molecule has 3 amide bonds. The Balaban J connectivity index is 1.60. The Morgan fingerprint density at radius 1 is 0.933 bits per heavy atom. The van der Waals surface area contributed by atoms with Gasteiger partial charge in [0, 0.05) is 28.9 Å². The van der Waals surface area contributed by atoms with Crippen LogP contribution >= 0.6 is 0 Å². The molecule has 0 aliphatic heterocycles. The molecule has 0 fully saturated rings. The van der Waals surface area contributed by atoms with E-state index in [2.05, 4.69) is 31.3 Å². The molecule has 0 bridgehead atoms. The van der Waals surface area contributed by atoms with Crippen LogP contribution in [0.5, 0.6) is 0 Å². The maximum absolute atomic E-state index is 12.1. The second-order valence-corrected chi connectivity index (χ2v) is 7.44. The van der Waals surface area contributed by atoms with E-state index in [0.29, 0.717) is 17.1 Å². The molecule has 0 unspecified atom stereocenters. The lowest BCUT2D eigenvalue weighted by Crippen LogP contribution is -2.28. The quantitative estimate of drug-likeness (QED) is 0.441. The lowest BCUT2D eigenvalue weighted by molar-refractivity contribution is 0.102. The maximum Gasteiger partial charge on any atom is 0.324 e. The van der Waals surface area contributed by atoms with Crippen LogP contribution in [0.3, 0.4) is 0 Å². The maximum atomic E-state index is 12.1. The van der Waals surface area contributed by atoms with Crippen LogP contribution < -0.4 is 27.1 Å². The van der Waals surface area contributed by atoms with Crippen molar-refractivity contribution in [3.8, 4) is 0 Å². The number of carbonyl (C=O) groups excluding carboxylic acids is 2. The van der Waals surface area contributed by atoms with Crippen LogP contribution in [0.4, 0.5) is 22.0 Å². The molecule has 2 aromatic heterocycles. The summed E-state index contributed by atoms with van der Waals surface area (Å²) in [7, 11) is 0. The molecule has 0 aliphatic carbocycles. The van der Waals surface area contributed by atoms with Gasteiger partial charge < -0.3 is 15.2 Å². The monoisotopic (exact) mass is 412 g/mol. The van der Waals surface area contributed by atoms with Crippen molar-refractivity contribution in [1.82, 2.24) is 15.4 Å². The first-order valence-corrected chi connectivity index (χ1v) is 8.90. The third kappa shape index (κ3) is 5.01. The first-order chi connectivity index (χ1) is 14.1. The van der Waals surface area contributed by atoms with Gasteiger partial charge in [-0.25, -0.2) is 4.79 Å². The van der Waals surface area contributed by atoms with Gasteiger partial charge in [0.15, 0.2) is 5.82 Å². The molecule has 0 saturated carbocycles. The molecule has 30 heavy (non-hydrogen) atoms. The zero-order valence-electron chi connectivity index (χ0n) is 16.5. The second kappa shape index (κ2) is 8.07. The minimum atomic E-state index is -0.735. The van der Waals surface area contributed by atoms with E-state index in [-0.39, 0.29) is 16.8 Å². The summed E-state index contributed by atoms with van der Waals surface area (Å²) < 4.78 is 5.21. The van der Waals surface area contributed by atoms with Crippen molar-refractivity contribution in [3.05, 3.63) is 68.4 Å². The smallest absolute Gasteiger partial charge is 0.324 e. The molecule has 3 aromatic rings. The number of hydrogen-bond acceptors (Lipinski definition) is 6. The summed E-state index contributed by atoms with van der Waals surface area (Å²) in [5.41, 5.74) is -1.04. The molecule has 0 radical (unpaired) electrons. The number of hydrogen-bond donors (Lipinski definition) is 5. The van der Waals surface area contributed by atoms with E-state index in [1.54, 1.807) is 18.2 Å². The van der Waals surface area contributed by atoms with Crippen molar-refractivity contribution >= 4 is 29.1 Å². The highest BCUT2D eigenvalue weighted by Gasteiger charge is 2.20. The molecule has 0 aliphatic rings. The summed E-state index contributed by atoms with van der Waals surface area (Å²) in [6.45, 7) is 5.89. The number of nitrogens with one attached hydrogen (secondary N) is 5. The predicted molar refractivity (Wildman–Crippen MR) is 110 cm³/mol. The predicted octanol–water partition coefficient (Wildman–Crippen LogP) is 2.24. The fourth-order valence-corrected chi connectivity index (χ4v) is 2.39. The van der Waals surface area contributed by atoms with E-state index in [4.69, 9.17) is 4.52 Å². The van der Waals surface area contributed by atoms with E-state index < -0.39 is 23.1 Å². The Bertz CT molecular complexity index is 1180. The largest absolute Gasteiger partial charge is 0.359 e. The molecular formula is C19H20N6O5. The first kappa shape index (κ1) is 20.6. The lowest BCUT2D eigenvalue weighted by Gasteiger charge is -2.12. The summed E-state index contributed by atoms with van der Waals surface area (Å²) in [6.07, 6.45) is 0. The van der Waals surface area contributed by atoms with Crippen LogP contribution in [0.15, 0.2) is 50.5 Å². The number of H-pyrrole nitrogens is 2. The molecule has 0 saturated heterocycles. The minimum absolute atomic E-state index is 0.234. The van der Waals surface area contributed by atoms with Crippen LogP contribution in [-0.2, 0) is 5.41 Å². The summed E-state index contributed by atoms with van der Waals surface area (Å²) in [5, 5.41) is 15.7. The van der Waals surface area contributed by atoms with Crippen LogP contribution in [0.1, 0.15) is 36.9 Å². The van der Waals surface area contributed by atoms with Crippen LogP contribution in [0.2, 0.25) is 0 Å². The Labute approximate surface area is 169 Å². The fraction of sp³-hybridized carbons (Fsp3) is 0.211. The number of anilines is 3. The number of urea groups is 1. The van der Waals surface area contributed by atoms with E-state index in [1.807, 2.05) is 20.8 Å². The van der Waals surface area contributed by atoms with E-state index in [9.17, 15) is 19.2 Å². The zero-order valence-corrected chi connectivity index (χ0v) is 16.5. The third-order valence-electron chi connectivity index (χ3n) is 3.96. The number of amides is 3. The number of carbonyl (C=O) groups is 2. The number of benzene rings is 1. The van der Waals surface area contributed by atoms with Gasteiger partial charge in [-0.2, -0.15) is 0 Å². The Kier molecular flexibility index (Phi) is 5.54. The highest BCUT2D eigenvalue weighted by atomic mass is 16.5. The normalized spacial score (nSPS) is 11.0. The van der Waals surface area contributed by atoms with Gasteiger partial charge in [-0.15, -0.1) is 0 Å². The van der Waals surface area contributed by atoms with E-state index >= 15 is 0 Å². The molecule has 0 atom stereocenters. The standard InChI is InChI=1S/C19H20N6O5/c1-19(2,3)13-9-14(25-30-13)22-18(29)21-11-6-4-10(5-7-11)20-16(27)12-8-15(26)23-24-17(12)28/h4-9H,1-3H3,(H,20,27)(H,23,26)(H,24,28)(H2,21,22,25,29). The number of aromatic nitrogens is 3. The van der Waals surface area contributed by atoms with Crippen LogP contribution in [-0.4, -0.2) is 27.3 Å². The van der Waals surface area contributed by atoms with Crippen LogP contribution in [0, 0.1) is 0 Å². The summed E-state index contributed by atoms with van der Waals surface area (Å²) in [4.78, 5) is 47.2. The second-order valence-electron chi connectivity index (χ2n) is 7.44. The van der Waals surface area contributed by atoms with Crippen molar-refractivity contribution in [2.45, 2.75) is 26.2 Å². The number of rotatable bonds is 4. The highest BCUT2D eigenvalue weighted by Crippen LogP contribution is 2.24. The Morgan fingerprint density at radius 3 is 2.17 bits per heavy atom. The Morgan fingerprint density at radius 2 is 1.57 bits per heavy atom. The van der Waals surface area contributed by atoms with Gasteiger partial charge in [0.1, 0.15) is 11.3 Å². The van der Waals surface area contributed by atoms with Crippen molar-refractivity contribution in [2.24, 2.45) is 0 Å². The van der Waals surface area contributed by atoms with Crippen LogP contribution in [0.25, 0.3) is 0 Å². The average Bonchev–Trinajstić information content (AvgIpc) is 3.14. The van der Waals surface area contributed by atoms with Gasteiger partial charge in [0.25, 0.3) is 17.0 Å². The summed E-state index contributed by atoms with van der Waals surface area (Å²) in [6, 6.07) is 8.21. The number of nitrogens with zero attached hydrogens (tertiary/aromatic N) is 1. The first-order valence-electron chi connectivity index (χ1n) is 8.90. The third-order valence-corrected chi connectivity index (χ3v) is 3.96. The van der Waals surface area contributed by atoms with E-state index in [0.717, 1.165) is 6.07 Å². The Hall–Kier alpha value is -4.15. The SMILES string of the molecule is CC(C)(C)c1cc(NC(=O)Nc2ccc(NC(=O)c3cc(=O)[nH][nH]c3=O)cc2)no1. The average molecular weight is 412 g/mol. The van der Waals surface area contributed by atoms with Crippen molar-refractivity contribution < 1.29 is 14.1 Å². The molecular weight excluding hydrogens is 392 g/mol. The summed E-state index contributed by atoms with van der Waals surface area (Å²) in [5.74, 6) is 0.183. The lowest BCUT2D eigenvalue weighted by atomic mass is 9.93. The minimum Gasteiger partial charge on any atom is -0.359 e. The van der Waals surface area contributed by atoms with Crippen molar-refractivity contribution in [3.63, 3.8) is 0 Å².